The van der Waals surface area contributed by atoms with Gasteiger partial charge >= 0.3 is 0 Å². The molecule has 1 atom stereocenters. The van der Waals surface area contributed by atoms with Crippen molar-refractivity contribution in [2.45, 2.75) is 65.1 Å². The van der Waals surface area contributed by atoms with E-state index in [1.807, 2.05) is 19.4 Å². The molecule has 5 nitrogen and oxygen atoms in total. The van der Waals surface area contributed by atoms with Gasteiger partial charge in [0.05, 0.1) is 12.4 Å². The van der Waals surface area contributed by atoms with E-state index in [2.05, 4.69) is 34.0 Å². The lowest BCUT2D eigenvalue weighted by molar-refractivity contribution is -0.123. The van der Waals surface area contributed by atoms with Crippen LogP contribution in [-0.4, -0.2) is 34.1 Å². The first-order valence-corrected chi connectivity index (χ1v) is 7.66. The molecule has 0 fully saturated rings. The van der Waals surface area contributed by atoms with E-state index in [9.17, 15) is 4.79 Å². The number of hydrogen-bond donors (Lipinski definition) is 2. The maximum atomic E-state index is 11.9. The molecule has 114 valence electrons. The molecule has 1 aromatic heterocycles. The predicted octanol–water partition coefficient (Wildman–Crippen LogP) is 1.95. The number of amides is 1. The number of aryl methyl sites for hydroxylation is 1. The SMILES string of the molecule is CCC(CC)NC(=O)C(C)NCCCCn1ccnc1. The summed E-state index contributed by atoms with van der Waals surface area (Å²) in [5.74, 6) is 0.105. The summed E-state index contributed by atoms with van der Waals surface area (Å²) in [5, 5.41) is 6.34. The minimum absolute atomic E-state index is 0.105. The Labute approximate surface area is 122 Å². The minimum Gasteiger partial charge on any atom is -0.352 e. The van der Waals surface area contributed by atoms with Gasteiger partial charge in [-0.3, -0.25) is 4.79 Å². The maximum absolute atomic E-state index is 11.9. The Hall–Kier alpha value is -1.36. The first-order chi connectivity index (χ1) is 9.67. The third-order valence-corrected chi connectivity index (χ3v) is 3.58. The Morgan fingerprint density at radius 3 is 2.65 bits per heavy atom. The number of hydrogen-bond acceptors (Lipinski definition) is 3. The molecule has 0 spiro atoms. The van der Waals surface area contributed by atoms with E-state index >= 15 is 0 Å². The number of nitrogens with zero attached hydrogens (tertiary/aromatic N) is 2. The highest BCUT2D eigenvalue weighted by Gasteiger charge is 2.14. The Morgan fingerprint density at radius 2 is 2.05 bits per heavy atom. The molecule has 0 aliphatic rings. The molecule has 5 heteroatoms. The summed E-state index contributed by atoms with van der Waals surface area (Å²) in [6.45, 7) is 7.97. The normalized spacial score (nSPS) is 12.6. The average molecular weight is 280 g/mol. The molecular weight excluding hydrogens is 252 g/mol. The Balaban J connectivity index is 2.09. The number of carbonyl (C=O) groups is 1. The van der Waals surface area contributed by atoms with E-state index in [4.69, 9.17) is 0 Å². The van der Waals surface area contributed by atoms with Crippen LogP contribution >= 0.6 is 0 Å². The van der Waals surface area contributed by atoms with Gasteiger partial charge in [0.1, 0.15) is 0 Å². The highest BCUT2D eigenvalue weighted by atomic mass is 16.2. The van der Waals surface area contributed by atoms with Crippen LogP contribution < -0.4 is 10.6 Å². The number of rotatable bonds is 10. The first kappa shape index (κ1) is 16.7. The fraction of sp³-hybridized carbons (Fsp3) is 0.733. The molecule has 0 saturated carbocycles. The molecule has 2 N–H and O–H groups in total. The zero-order valence-corrected chi connectivity index (χ0v) is 12.9. The zero-order valence-electron chi connectivity index (χ0n) is 12.9. The smallest absolute Gasteiger partial charge is 0.237 e. The van der Waals surface area contributed by atoms with Gasteiger partial charge in [0.15, 0.2) is 0 Å². The lowest BCUT2D eigenvalue weighted by Crippen LogP contribution is -2.46. The maximum Gasteiger partial charge on any atom is 0.237 e. The summed E-state index contributed by atoms with van der Waals surface area (Å²) in [4.78, 5) is 15.9. The van der Waals surface area contributed by atoms with Gasteiger partial charge in [-0.2, -0.15) is 0 Å². The molecule has 0 aromatic carbocycles. The highest BCUT2D eigenvalue weighted by Crippen LogP contribution is 1.98. The summed E-state index contributed by atoms with van der Waals surface area (Å²) in [6, 6.07) is 0.178. The standard InChI is InChI=1S/C15H28N4O/c1-4-14(5-2)18-15(20)13(3)17-8-6-7-10-19-11-9-16-12-19/h9,11-14,17H,4-8,10H2,1-3H3,(H,18,20). The zero-order chi connectivity index (χ0) is 14.8. The molecule has 0 radical (unpaired) electrons. The summed E-state index contributed by atoms with van der Waals surface area (Å²) < 4.78 is 2.07. The van der Waals surface area contributed by atoms with Gasteiger partial charge in [-0.25, -0.2) is 4.98 Å². The first-order valence-electron chi connectivity index (χ1n) is 7.66. The number of aromatic nitrogens is 2. The monoisotopic (exact) mass is 280 g/mol. The molecule has 1 heterocycles. The second-order valence-electron chi connectivity index (χ2n) is 5.21. The van der Waals surface area contributed by atoms with E-state index in [0.717, 1.165) is 38.8 Å². The lowest BCUT2D eigenvalue weighted by atomic mass is 10.1. The summed E-state index contributed by atoms with van der Waals surface area (Å²) in [7, 11) is 0. The van der Waals surface area contributed by atoms with Crippen molar-refractivity contribution >= 4 is 5.91 Å². The van der Waals surface area contributed by atoms with E-state index in [1.54, 1.807) is 6.20 Å². The highest BCUT2D eigenvalue weighted by molar-refractivity contribution is 5.81. The van der Waals surface area contributed by atoms with Crippen LogP contribution in [-0.2, 0) is 11.3 Å². The van der Waals surface area contributed by atoms with E-state index in [0.29, 0.717) is 6.04 Å². The van der Waals surface area contributed by atoms with Gasteiger partial charge in [0, 0.05) is 25.0 Å². The van der Waals surface area contributed by atoms with Crippen LogP contribution in [0.25, 0.3) is 0 Å². The number of unbranched alkanes of at least 4 members (excludes halogenated alkanes) is 1. The van der Waals surface area contributed by atoms with Crippen molar-refractivity contribution in [1.82, 2.24) is 20.2 Å². The Bertz CT molecular complexity index is 360. The van der Waals surface area contributed by atoms with Crippen LogP contribution in [0.4, 0.5) is 0 Å². The Morgan fingerprint density at radius 1 is 1.30 bits per heavy atom. The van der Waals surface area contributed by atoms with Crippen molar-refractivity contribution in [3.63, 3.8) is 0 Å². The van der Waals surface area contributed by atoms with Crippen LogP contribution in [0.15, 0.2) is 18.7 Å². The molecule has 1 aromatic rings. The molecule has 1 amide bonds. The average Bonchev–Trinajstić information content (AvgIpc) is 2.97. The molecule has 20 heavy (non-hydrogen) atoms. The second kappa shape index (κ2) is 9.53. The van der Waals surface area contributed by atoms with Crippen LogP contribution in [0, 0.1) is 0 Å². The molecule has 0 aliphatic carbocycles. The molecule has 0 aliphatic heterocycles. The second-order valence-corrected chi connectivity index (χ2v) is 5.21. The van der Waals surface area contributed by atoms with Crippen LogP contribution in [0.3, 0.4) is 0 Å². The molecule has 0 saturated heterocycles. The summed E-state index contributed by atoms with van der Waals surface area (Å²) >= 11 is 0. The molecule has 1 unspecified atom stereocenters. The number of carbonyl (C=O) groups excluding carboxylic acids is 1. The number of nitrogens with one attached hydrogen (secondary N) is 2. The third kappa shape index (κ3) is 6.19. The van der Waals surface area contributed by atoms with Crippen molar-refractivity contribution in [1.29, 1.82) is 0 Å². The van der Waals surface area contributed by atoms with Crippen molar-refractivity contribution < 1.29 is 4.79 Å². The fourth-order valence-electron chi connectivity index (χ4n) is 2.07. The predicted molar refractivity (Wildman–Crippen MR) is 81.4 cm³/mol. The fourth-order valence-corrected chi connectivity index (χ4v) is 2.07. The molecule has 0 bridgehead atoms. The largest absolute Gasteiger partial charge is 0.352 e. The molecule has 1 rings (SSSR count). The van der Waals surface area contributed by atoms with Crippen molar-refractivity contribution in [2.75, 3.05) is 6.54 Å². The van der Waals surface area contributed by atoms with E-state index < -0.39 is 0 Å². The van der Waals surface area contributed by atoms with Crippen LogP contribution in [0.1, 0.15) is 46.5 Å². The van der Waals surface area contributed by atoms with Gasteiger partial charge < -0.3 is 15.2 Å². The number of imidazole rings is 1. The summed E-state index contributed by atoms with van der Waals surface area (Å²) in [5.41, 5.74) is 0. The topological polar surface area (TPSA) is 59.0 Å². The Kier molecular flexibility index (Phi) is 7.95. The third-order valence-electron chi connectivity index (χ3n) is 3.58. The molecular formula is C15H28N4O. The van der Waals surface area contributed by atoms with Crippen molar-refractivity contribution in [3.8, 4) is 0 Å². The van der Waals surface area contributed by atoms with Gasteiger partial charge in [-0.05, 0) is 39.2 Å². The van der Waals surface area contributed by atoms with Crippen LogP contribution in [0.5, 0.6) is 0 Å². The van der Waals surface area contributed by atoms with Crippen molar-refractivity contribution in [3.05, 3.63) is 18.7 Å². The van der Waals surface area contributed by atoms with Gasteiger partial charge in [-0.1, -0.05) is 13.8 Å². The van der Waals surface area contributed by atoms with E-state index in [1.165, 1.54) is 0 Å². The summed E-state index contributed by atoms with van der Waals surface area (Å²) in [6.07, 6.45) is 9.71. The lowest BCUT2D eigenvalue weighted by Gasteiger charge is -2.19. The van der Waals surface area contributed by atoms with Gasteiger partial charge in [0.25, 0.3) is 0 Å². The minimum atomic E-state index is -0.121. The van der Waals surface area contributed by atoms with Gasteiger partial charge in [-0.15, -0.1) is 0 Å². The van der Waals surface area contributed by atoms with Crippen LogP contribution in [0.2, 0.25) is 0 Å². The van der Waals surface area contributed by atoms with E-state index in [-0.39, 0.29) is 11.9 Å². The van der Waals surface area contributed by atoms with Gasteiger partial charge in [0.2, 0.25) is 5.91 Å². The van der Waals surface area contributed by atoms with Crippen molar-refractivity contribution in [2.24, 2.45) is 0 Å². The quantitative estimate of drug-likeness (QED) is 0.644.